The largest absolute Gasteiger partial charge is 0.479 e. The monoisotopic (exact) mass is 644 g/mol. The van der Waals surface area contributed by atoms with Gasteiger partial charge in [-0.05, 0) is 32.6 Å². The number of rotatable bonds is 6. The zero-order chi connectivity index (χ0) is 32.5. The van der Waals surface area contributed by atoms with E-state index >= 15 is 0 Å². The maximum Gasteiger partial charge on any atom is 0.241 e. The minimum atomic E-state index is -0.918. The number of ether oxygens (including phenoxy) is 4. The van der Waals surface area contributed by atoms with Crippen LogP contribution in [0.15, 0.2) is 25.0 Å². The van der Waals surface area contributed by atoms with Crippen LogP contribution in [-0.2, 0) is 9.47 Å². The van der Waals surface area contributed by atoms with Crippen molar-refractivity contribution in [3.8, 4) is 11.8 Å². The van der Waals surface area contributed by atoms with Gasteiger partial charge in [-0.15, -0.1) is 0 Å². The van der Waals surface area contributed by atoms with Gasteiger partial charge in [0.25, 0.3) is 0 Å². The van der Waals surface area contributed by atoms with Crippen LogP contribution in [0.4, 0.5) is 0 Å². The van der Waals surface area contributed by atoms with Crippen molar-refractivity contribution < 1.29 is 39.4 Å². The molecule has 2 aliphatic carbocycles. The molecule has 3 fully saturated rings. The van der Waals surface area contributed by atoms with Crippen LogP contribution in [0.3, 0.4) is 0 Å². The van der Waals surface area contributed by atoms with Crippen molar-refractivity contribution in [2.24, 2.45) is 11.8 Å². The molecule has 2 saturated carbocycles. The molecule has 8 atom stereocenters. The molecule has 7 rings (SSSR count). The van der Waals surface area contributed by atoms with Gasteiger partial charge < -0.3 is 49.3 Å². The Bertz CT molecular complexity index is 1580. The van der Waals surface area contributed by atoms with Crippen LogP contribution in [0.2, 0.25) is 0 Å². The molecule has 46 heavy (non-hydrogen) atoms. The van der Waals surface area contributed by atoms with Gasteiger partial charge in [0.1, 0.15) is 23.7 Å². The number of nitrogens with zero attached hydrogens (tertiary/aromatic N) is 4. The van der Waals surface area contributed by atoms with Crippen LogP contribution in [0, 0.1) is 11.8 Å². The Balaban J connectivity index is 0.000000196. The molecule has 0 bridgehead atoms. The molecule has 5 heterocycles. The second-order valence-corrected chi connectivity index (χ2v) is 12.0. The van der Waals surface area contributed by atoms with Gasteiger partial charge in [0.2, 0.25) is 11.8 Å². The third-order valence-electron chi connectivity index (χ3n) is 9.24. The maximum absolute atomic E-state index is 10.2. The topological polar surface area (TPSA) is 201 Å². The molecule has 0 aromatic carbocycles. The molecule has 1 aliphatic heterocycles. The third-order valence-corrected chi connectivity index (χ3v) is 9.24. The molecule has 1 saturated heterocycles. The number of H-pyrrole nitrogens is 2. The summed E-state index contributed by atoms with van der Waals surface area (Å²) in [5.41, 5.74) is 5.09. The highest BCUT2D eigenvalue weighted by Gasteiger charge is 2.54. The van der Waals surface area contributed by atoms with Crippen LogP contribution < -0.4 is 9.47 Å². The first-order valence-corrected chi connectivity index (χ1v) is 15.2. The number of hydrogen-bond donors (Lipinski definition) is 6. The van der Waals surface area contributed by atoms with E-state index in [1.54, 1.807) is 19.6 Å². The summed E-state index contributed by atoms with van der Waals surface area (Å²) >= 11 is 0. The van der Waals surface area contributed by atoms with Crippen LogP contribution in [0.25, 0.3) is 22.1 Å². The Morgan fingerprint density at radius 1 is 0.804 bits per heavy atom. The van der Waals surface area contributed by atoms with E-state index < -0.39 is 18.0 Å². The van der Waals surface area contributed by atoms with Crippen LogP contribution >= 0.6 is 0 Å². The van der Waals surface area contributed by atoms with Crippen molar-refractivity contribution in [2.45, 2.75) is 89.5 Å². The highest BCUT2D eigenvalue weighted by molar-refractivity contribution is 5.84. The van der Waals surface area contributed by atoms with Gasteiger partial charge in [0, 0.05) is 55.0 Å². The second kappa shape index (κ2) is 14.6. The van der Waals surface area contributed by atoms with E-state index in [0.29, 0.717) is 35.1 Å². The Labute approximate surface area is 268 Å². The average Bonchev–Trinajstić information content (AvgIpc) is 3.86. The van der Waals surface area contributed by atoms with Gasteiger partial charge in [0.15, 0.2) is 5.79 Å². The predicted octanol–water partition coefficient (Wildman–Crippen LogP) is 3.03. The lowest BCUT2D eigenvalue weighted by Crippen LogP contribution is -2.28. The van der Waals surface area contributed by atoms with Crippen molar-refractivity contribution in [3.63, 3.8) is 0 Å². The zero-order valence-electron chi connectivity index (χ0n) is 26.5. The lowest BCUT2D eigenvalue weighted by molar-refractivity contribution is -0.158. The summed E-state index contributed by atoms with van der Waals surface area (Å²) in [7, 11) is 4.15. The van der Waals surface area contributed by atoms with Gasteiger partial charge in [-0.1, -0.05) is 20.8 Å². The lowest BCUT2D eigenvalue weighted by atomic mass is 9.95. The fraction of sp³-hybridized carbons (Fsp3) is 0.625. The predicted molar refractivity (Wildman–Crippen MR) is 171 cm³/mol. The van der Waals surface area contributed by atoms with Crippen molar-refractivity contribution in [1.29, 1.82) is 0 Å². The van der Waals surface area contributed by atoms with Crippen LogP contribution in [-0.4, -0.2) is 108 Å². The maximum atomic E-state index is 10.2. The molecule has 14 heteroatoms. The molecule has 4 aromatic rings. The Hall–Kier alpha value is -3.40. The molecule has 6 N–H and O–H groups in total. The average molecular weight is 645 g/mol. The second-order valence-electron chi connectivity index (χ2n) is 12.0. The summed E-state index contributed by atoms with van der Waals surface area (Å²) in [6, 6.07) is 0. The SMILES string of the molecule is C.CC[C@H]1C[C@@H](c2c[nH]c3c(OC)ncnc23)[C@@H]2OC(C)(C)O[C@H]12.CO.COc1ncnc2c([C@@H]3C[C@H](CO)[C@@H](O)[C@H]3O)c[nH]c12. The molecular formula is C32H48N6O8. The summed E-state index contributed by atoms with van der Waals surface area (Å²) in [5.74, 6) is 0.708. The zero-order valence-corrected chi connectivity index (χ0v) is 26.5. The number of nitrogens with one attached hydrogen (secondary N) is 2. The minimum Gasteiger partial charge on any atom is -0.479 e. The van der Waals surface area contributed by atoms with Gasteiger partial charge in [-0.25, -0.2) is 9.97 Å². The number of fused-ring (bicyclic) bond motifs is 3. The molecule has 0 unspecified atom stereocenters. The Morgan fingerprint density at radius 3 is 1.78 bits per heavy atom. The number of methoxy groups -OCH3 is 2. The van der Waals surface area contributed by atoms with Crippen molar-refractivity contribution in [2.75, 3.05) is 27.9 Å². The van der Waals surface area contributed by atoms with Gasteiger partial charge >= 0.3 is 0 Å². The first-order chi connectivity index (χ1) is 21.7. The standard InChI is InChI=1S/C17H23N3O3.C13H17N3O4.CH4O.CH4/c1-5-9-6-10(15-14(9)22-17(2,3)23-15)11-7-18-13-12(11)19-8-20-16(13)21-4;1-20-13-10-9(15-5-16-13)8(3-14-10)7-2-6(4-17)11(18)12(7)19;1-2;/h7-10,14-15,18H,5-6H2,1-4H3;3,5-7,11-12,14,17-19H,2,4H2,1H3;2H,1H3;1H4/t9-,10-,14+,15-;6-,7+,11-,12+;;/m01../s1. The van der Waals surface area contributed by atoms with Crippen molar-refractivity contribution in [3.05, 3.63) is 36.2 Å². The van der Waals surface area contributed by atoms with Gasteiger partial charge in [0.05, 0.1) is 49.7 Å². The van der Waals surface area contributed by atoms with Gasteiger partial charge in [-0.3, -0.25) is 0 Å². The van der Waals surface area contributed by atoms with Crippen molar-refractivity contribution in [1.82, 2.24) is 29.9 Å². The third kappa shape index (κ3) is 6.29. The summed E-state index contributed by atoms with van der Waals surface area (Å²) in [6.07, 6.45) is 7.81. The molecular weight excluding hydrogens is 596 g/mol. The molecule has 0 amide bonds. The first kappa shape index (κ1) is 35.5. The number of aliphatic hydroxyl groups excluding tert-OH is 4. The van der Waals surface area contributed by atoms with E-state index in [0.717, 1.165) is 36.5 Å². The first-order valence-electron chi connectivity index (χ1n) is 15.2. The van der Waals surface area contributed by atoms with Gasteiger partial charge in [-0.2, -0.15) is 9.97 Å². The highest BCUT2D eigenvalue weighted by Crippen LogP contribution is 2.51. The Morgan fingerprint density at radius 2 is 1.30 bits per heavy atom. The van der Waals surface area contributed by atoms with E-state index in [1.807, 2.05) is 20.0 Å². The fourth-order valence-corrected chi connectivity index (χ4v) is 7.15. The molecule has 254 valence electrons. The van der Waals surface area contributed by atoms with E-state index in [-0.39, 0.29) is 44.0 Å². The molecule has 0 spiro atoms. The number of hydrogen-bond acceptors (Lipinski definition) is 12. The number of aromatic nitrogens is 6. The van der Waals surface area contributed by atoms with Crippen molar-refractivity contribution >= 4 is 22.1 Å². The quantitative estimate of drug-likeness (QED) is 0.179. The normalized spacial score (nSPS) is 29.3. The molecule has 4 aromatic heterocycles. The molecule has 14 nitrogen and oxygen atoms in total. The van der Waals surface area contributed by atoms with E-state index in [2.05, 4.69) is 36.8 Å². The summed E-state index contributed by atoms with van der Waals surface area (Å²) in [6.45, 7) is 6.07. The smallest absolute Gasteiger partial charge is 0.241 e. The molecule has 3 aliphatic rings. The summed E-state index contributed by atoms with van der Waals surface area (Å²) < 4.78 is 22.9. The Kier molecular flexibility index (Phi) is 11.2. The minimum absolute atomic E-state index is 0. The lowest BCUT2D eigenvalue weighted by Gasteiger charge is -2.23. The van der Waals surface area contributed by atoms with E-state index in [9.17, 15) is 15.3 Å². The summed E-state index contributed by atoms with van der Waals surface area (Å²) in [4.78, 5) is 23.2. The number of aliphatic hydroxyl groups is 4. The summed E-state index contributed by atoms with van der Waals surface area (Å²) in [5, 5.41) is 36.3. The molecule has 0 radical (unpaired) electrons. The van der Waals surface area contributed by atoms with Crippen LogP contribution in [0.1, 0.15) is 70.4 Å². The fourth-order valence-electron chi connectivity index (χ4n) is 7.15. The number of aromatic amines is 2. The highest BCUT2D eigenvalue weighted by atomic mass is 16.8. The van der Waals surface area contributed by atoms with E-state index in [1.165, 1.54) is 19.0 Å². The van der Waals surface area contributed by atoms with E-state index in [4.69, 9.17) is 24.1 Å². The van der Waals surface area contributed by atoms with Crippen LogP contribution in [0.5, 0.6) is 11.8 Å².